The lowest BCUT2D eigenvalue weighted by Gasteiger charge is -2.13. The van der Waals surface area contributed by atoms with Gasteiger partial charge >= 0.3 is 0 Å². The Balaban J connectivity index is 0.00000180. The Hall–Kier alpha value is -0.970. The highest BCUT2D eigenvalue weighted by atomic mass is 35.5. The van der Waals surface area contributed by atoms with E-state index in [1.54, 1.807) is 13.2 Å². The zero-order valence-electron chi connectivity index (χ0n) is 10.7. The van der Waals surface area contributed by atoms with Crippen molar-refractivity contribution >= 4 is 29.9 Å². The average molecular weight is 305 g/mol. The zero-order valence-corrected chi connectivity index (χ0v) is 12.3. The fourth-order valence-corrected chi connectivity index (χ4v) is 2.33. The highest BCUT2D eigenvalue weighted by Crippen LogP contribution is 2.26. The highest BCUT2D eigenvalue weighted by Gasteiger charge is 2.22. The van der Waals surface area contributed by atoms with Gasteiger partial charge in [-0.1, -0.05) is 17.7 Å². The first-order chi connectivity index (χ1) is 8.72. The van der Waals surface area contributed by atoms with E-state index in [4.69, 9.17) is 16.3 Å². The molecular formula is C13H18Cl2N2O2. The van der Waals surface area contributed by atoms with Crippen molar-refractivity contribution in [2.45, 2.75) is 13.0 Å². The summed E-state index contributed by atoms with van der Waals surface area (Å²) in [6, 6.07) is 5.46. The molecule has 4 nitrogen and oxygen atoms in total. The van der Waals surface area contributed by atoms with Gasteiger partial charge in [-0.05, 0) is 25.1 Å². The molecule has 19 heavy (non-hydrogen) atoms. The van der Waals surface area contributed by atoms with E-state index in [1.165, 1.54) is 0 Å². The first-order valence-corrected chi connectivity index (χ1v) is 6.40. The molecule has 0 spiro atoms. The van der Waals surface area contributed by atoms with Crippen molar-refractivity contribution in [3.05, 3.63) is 28.8 Å². The van der Waals surface area contributed by atoms with Gasteiger partial charge in [-0.2, -0.15) is 0 Å². The summed E-state index contributed by atoms with van der Waals surface area (Å²) >= 11 is 6.11. The van der Waals surface area contributed by atoms with Crippen LogP contribution in [-0.4, -0.2) is 26.1 Å². The van der Waals surface area contributed by atoms with E-state index in [0.717, 1.165) is 25.1 Å². The number of ether oxygens (including phenoxy) is 1. The first-order valence-electron chi connectivity index (χ1n) is 6.02. The summed E-state index contributed by atoms with van der Waals surface area (Å²) < 4.78 is 5.24. The lowest BCUT2D eigenvalue weighted by atomic mass is 10.1. The minimum absolute atomic E-state index is 0. The minimum Gasteiger partial charge on any atom is -0.496 e. The van der Waals surface area contributed by atoms with Crippen molar-refractivity contribution in [2.24, 2.45) is 5.92 Å². The Morgan fingerprint density at radius 2 is 2.37 bits per heavy atom. The van der Waals surface area contributed by atoms with Crippen LogP contribution >= 0.6 is 24.0 Å². The molecule has 2 rings (SSSR count). The summed E-state index contributed by atoms with van der Waals surface area (Å²) in [4.78, 5) is 11.9. The van der Waals surface area contributed by atoms with Gasteiger partial charge in [0, 0.05) is 23.7 Å². The van der Waals surface area contributed by atoms with E-state index >= 15 is 0 Å². The van der Waals surface area contributed by atoms with Crippen LogP contribution in [0.25, 0.3) is 0 Å². The summed E-state index contributed by atoms with van der Waals surface area (Å²) in [6.45, 7) is 2.07. The number of halogens is 2. The number of methoxy groups -OCH3 is 1. The standard InChI is InChI=1S/C13H17ClN2O2.ClH/c1-18-12-4-2-3-11(14)10(12)8-16-13(17)9-5-6-15-7-9;/h2-4,9,15H,5-8H2,1H3,(H,16,17);1H. The lowest BCUT2D eigenvalue weighted by Crippen LogP contribution is -2.31. The molecule has 1 amide bonds. The molecule has 0 saturated carbocycles. The third-order valence-corrected chi connectivity index (χ3v) is 3.52. The summed E-state index contributed by atoms with van der Waals surface area (Å²) in [6.07, 6.45) is 0.894. The van der Waals surface area contributed by atoms with Crippen LogP contribution in [0.1, 0.15) is 12.0 Å². The van der Waals surface area contributed by atoms with Gasteiger partial charge in [0.2, 0.25) is 5.91 Å². The topological polar surface area (TPSA) is 50.4 Å². The fraction of sp³-hybridized carbons (Fsp3) is 0.462. The molecule has 0 aliphatic carbocycles. The van der Waals surface area contributed by atoms with Gasteiger partial charge in [0.05, 0.1) is 13.0 Å². The summed E-state index contributed by atoms with van der Waals surface area (Å²) in [5, 5.41) is 6.70. The van der Waals surface area contributed by atoms with E-state index in [1.807, 2.05) is 12.1 Å². The summed E-state index contributed by atoms with van der Waals surface area (Å²) in [5.74, 6) is 0.841. The molecule has 1 heterocycles. The lowest BCUT2D eigenvalue weighted by molar-refractivity contribution is -0.124. The molecule has 2 N–H and O–H groups in total. The Kier molecular flexibility index (Phi) is 6.42. The normalized spacial score (nSPS) is 17.7. The number of nitrogens with one attached hydrogen (secondary N) is 2. The van der Waals surface area contributed by atoms with Crippen molar-refractivity contribution in [3.63, 3.8) is 0 Å². The molecule has 1 saturated heterocycles. The van der Waals surface area contributed by atoms with Gasteiger partial charge in [-0.15, -0.1) is 12.4 Å². The second-order valence-electron chi connectivity index (χ2n) is 4.33. The summed E-state index contributed by atoms with van der Waals surface area (Å²) in [7, 11) is 1.60. The molecule has 1 fully saturated rings. The molecule has 106 valence electrons. The smallest absolute Gasteiger partial charge is 0.224 e. The molecule has 0 bridgehead atoms. The molecule has 1 aliphatic heterocycles. The monoisotopic (exact) mass is 304 g/mol. The second kappa shape index (κ2) is 7.58. The number of rotatable bonds is 4. The average Bonchev–Trinajstić information content (AvgIpc) is 2.90. The van der Waals surface area contributed by atoms with Crippen molar-refractivity contribution in [3.8, 4) is 5.75 Å². The predicted octanol–water partition coefficient (Wildman–Crippen LogP) is 2.00. The number of hydrogen-bond donors (Lipinski definition) is 2. The molecular weight excluding hydrogens is 287 g/mol. The molecule has 1 aliphatic rings. The van der Waals surface area contributed by atoms with Crippen molar-refractivity contribution in [2.75, 3.05) is 20.2 Å². The third kappa shape index (κ3) is 4.00. The van der Waals surface area contributed by atoms with E-state index in [0.29, 0.717) is 17.3 Å². The van der Waals surface area contributed by atoms with E-state index < -0.39 is 0 Å². The molecule has 0 radical (unpaired) electrons. The highest BCUT2D eigenvalue weighted by molar-refractivity contribution is 6.31. The maximum absolute atomic E-state index is 11.9. The van der Waals surface area contributed by atoms with Crippen LogP contribution in [0, 0.1) is 5.92 Å². The van der Waals surface area contributed by atoms with Gasteiger partial charge in [0.25, 0.3) is 0 Å². The molecule has 1 aromatic carbocycles. The molecule has 1 aromatic rings. The Morgan fingerprint density at radius 1 is 1.58 bits per heavy atom. The zero-order chi connectivity index (χ0) is 13.0. The van der Waals surface area contributed by atoms with Crippen molar-refractivity contribution < 1.29 is 9.53 Å². The van der Waals surface area contributed by atoms with Gasteiger partial charge in [0.15, 0.2) is 0 Å². The van der Waals surface area contributed by atoms with Gasteiger partial charge in [-0.3, -0.25) is 4.79 Å². The van der Waals surface area contributed by atoms with Crippen LogP contribution in [0.5, 0.6) is 5.75 Å². The third-order valence-electron chi connectivity index (χ3n) is 3.17. The molecule has 1 atom stereocenters. The number of hydrogen-bond acceptors (Lipinski definition) is 3. The number of benzene rings is 1. The van der Waals surface area contributed by atoms with Crippen LogP contribution in [0.4, 0.5) is 0 Å². The first kappa shape index (κ1) is 16.1. The van der Waals surface area contributed by atoms with Gasteiger partial charge in [-0.25, -0.2) is 0 Å². The van der Waals surface area contributed by atoms with Crippen LogP contribution in [0.3, 0.4) is 0 Å². The van der Waals surface area contributed by atoms with Gasteiger partial charge < -0.3 is 15.4 Å². The van der Waals surface area contributed by atoms with Crippen molar-refractivity contribution in [1.29, 1.82) is 0 Å². The van der Waals surface area contributed by atoms with Crippen LogP contribution in [0.2, 0.25) is 5.02 Å². The van der Waals surface area contributed by atoms with Crippen LogP contribution < -0.4 is 15.4 Å². The Morgan fingerprint density at radius 3 is 3.00 bits per heavy atom. The quantitative estimate of drug-likeness (QED) is 0.894. The molecule has 1 unspecified atom stereocenters. The van der Waals surface area contributed by atoms with Crippen LogP contribution in [0.15, 0.2) is 18.2 Å². The van der Waals surface area contributed by atoms with E-state index in [9.17, 15) is 4.79 Å². The van der Waals surface area contributed by atoms with Gasteiger partial charge in [0.1, 0.15) is 5.75 Å². The second-order valence-corrected chi connectivity index (χ2v) is 4.74. The largest absolute Gasteiger partial charge is 0.496 e. The number of amides is 1. The molecule has 0 aromatic heterocycles. The SMILES string of the molecule is COc1cccc(Cl)c1CNC(=O)C1CCNC1.Cl. The fourth-order valence-electron chi connectivity index (χ4n) is 2.10. The molecule has 6 heteroatoms. The summed E-state index contributed by atoms with van der Waals surface area (Å²) in [5.41, 5.74) is 0.820. The van der Waals surface area contributed by atoms with Crippen molar-refractivity contribution in [1.82, 2.24) is 10.6 Å². The van der Waals surface area contributed by atoms with E-state index in [-0.39, 0.29) is 24.2 Å². The number of carbonyl (C=O) groups is 1. The van der Waals surface area contributed by atoms with E-state index in [2.05, 4.69) is 10.6 Å². The minimum atomic E-state index is 0. The Bertz CT molecular complexity index is 435. The predicted molar refractivity (Wildman–Crippen MR) is 78.1 cm³/mol. The Labute approximate surface area is 124 Å². The number of carbonyl (C=O) groups excluding carboxylic acids is 1. The van der Waals surface area contributed by atoms with Crippen LogP contribution in [-0.2, 0) is 11.3 Å². The maximum Gasteiger partial charge on any atom is 0.224 e. The maximum atomic E-state index is 11.9.